The van der Waals surface area contributed by atoms with E-state index in [0.717, 1.165) is 55.6 Å². The van der Waals surface area contributed by atoms with Gasteiger partial charge in [0, 0.05) is 29.9 Å². The van der Waals surface area contributed by atoms with Crippen molar-refractivity contribution in [2.45, 2.75) is 38.1 Å². The van der Waals surface area contributed by atoms with Crippen molar-refractivity contribution in [1.82, 2.24) is 5.32 Å². The smallest absolute Gasteiger partial charge is 0.319 e. The molecule has 2 saturated carbocycles. The summed E-state index contributed by atoms with van der Waals surface area (Å²) in [5.41, 5.74) is 2.96. The van der Waals surface area contributed by atoms with E-state index >= 15 is 0 Å². The number of carbonyl (C=O) groups excluding carboxylic acids is 2. The Morgan fingerprint density at radius 3 is 2.67 bits per heavy atom. The standard InChI is InChI=1S/C16H19N3O2/c20-15(10-1-2-10)19-8-7-11-9-13(5-6-14(11)19)18-16(21)17-12-3-4-12/h5-6,9-10,12H,1-4,7-8H2,(H2,17,18,21). The van der Waals surface area contributed by atoms with E-state index in [0.29, 0.717) is 6.04 Å². The van der Waals surface area contributed by atoms with Gasteiger partial charge in [-0.1, -0.05) is 0 Å². The molecule has 3 amide bonds. The minimum absolute atomic E-state index is 0.138. The number of amides is 3. The van der Waals surface area contributed by atoms with Crippen LogP contribution >= 0.6 is 0 Å². The Morgan fingerprint density at radius 2 is 1.95 bits per heavy atom. The van der Waals surface area contributed by atoms with E-state index in [-0.39, 0.29) is 17.9 Å². The molecule has 4 rings (SSSR count). The highest BCUT2D eigenvalue weighted by molar-refractivity contribution is 5.99. The van der Waals surface area contributed by atoms with Gasteiger partial charge in [0.1, 0.15) is 0 Å². The molecular formula is C16H19N3O2. The number of anilines is 2. The molecule has 0 atom stereocenters. The predicted octanol–water partition coefficient (Wildman–Crippen LogP) is 2.27. The maximum atomic E-state index is 12.2. The maximum Gasteiger partial charge on any atom is 0.319 e. The molecule has 5 heteroatoms. The first kappa shape index (κ1) is 12.7. The van der Waals surface area contributed by atoms with Crippen LogP contribution in [-0.4, -0.2) is 24.5 Å². The van der Waals surface area contributed by atoms with Crippen LogP contribution in [0.3, 0.4) is 0 Å². The van der Waals surface area contributed by atoms with Crippen LogP contribution in [0.1, 0.15) is 31.2 Å². The van der Waals surface area contributed by atoms with E-state index in [1.165, 1.54) is 0 Å². The number of urea groups is 1. The number of hydrogen-bond acceptors (Lipinski definition) is 2. The lowest BCUT2D eigenvalue weighted by molar-refractivity contribution is -0.119. The van der Waals surface area contributed by atoms with Crippen molar-refractivity contribution in [1.29, 1.82) is 0 Å². The van der Waals surface area contributed by atoms with Gasteiger partial charge in [0.2, 0.25) is 5.91 Å². The summed E-state index contributed by atoms with van der Waals surface area (Å²) in [5.74, 6) is 0.513. The molecule has 3 aliphatic rings. The summed E-state index contributed by atoms with van der Waals surface area (Å²) >= 11 is 0. The van der Waals surface area contributed by atoms with E-state index in [1.807, 2.05) is 23.1 Å². The van der Waals surface area contributed by atoms with Crippen molar-refractivity contribution in [3.63, 3.8) is 0 Å². The first-order chi connectivity index (χ1) is 10.2. The van der Waals surface area contributed by atoms with Gasteiger partial charge in [-0.15, -0.1) is 0 Å². The molecule has 1 aliphatic heterocycles. The third-order valence-electron chi connectivity index (χ3n) is 4.34. The summed E-state index contributed by atoms with van der Waals surface area (Å²) in [6, 6.07) is 6.04. The van der Waals surface area contributed by atoms with Gasteiger partial charge in [-0.25, -0.2) is 4.79 Å². The number of hydrogen-bond donors (Lipinski definition) is 2. The SMILES string of the molecule is O=C(Nc1ccc2c(c1)CCN2C(=O)C1CC1)NC1CC1. The number of rotatable bonds is 3. The van der Waals surface area contributed by atoms with Crippen molar-refractivity contribution >= 4 is 23.3 Å². The van der Waals surface area contributed by atoms with Gasteiger partial charge in [-0.05, 0) is 55.9 Å². The molecule has 2 aliphatic carbocycles. The molecule has 2 N–H and O–H groups in total. The lowest BCUT2D eigenvalue weighted by atomic mass is 10.1. The van der Waals surface area contributed by atoms with Crippen LogP contribution in [0.5, 0.6) is 0 Å². The summed E-state index contributed by atoms with van der Waals surface area (Å²) in [7, 11) is 0. The average Bonchev–Trinajstić information content (AvgIpc) is 3.36. The number of fused-ring (bicyclic) bond motifs is 1. The molecule has 0 bridgehead atoms. The lowest BCUT2D eigenvalue weighted by Crippen LogP contribution is -2.30. The van der Waals surface area contributed by atoms with Crippen LogP contribution in [0.2, 0.25) is 0 Å². The van der Waals surface area contributed by atoms with Crippen molar-refractivity contribution in [2.75, 3.05) is 16.8 Å². The third-order valence-corrected chi connectivity index (χ3v) is 4.34. The second-order valence-corrected chi connectivity index (χ2v) is 6.23. The van der Waals surface area contributed by atoms with Crippen LogP contribution in [0.15, 0.2) is 18.2 Å². The van der Waals surface area contributed by atoms with Crippen LogP contribution in [0.4, 0.5) is 16.2 Å². The van der Waals surface area contributed by atoms with Crippen LogP contribution in [-0.2, 0) is 11.2 Å². The van der Waals surface area contributed by atoms with E-state index in [4.69, 9.17) is 0 Å². The molecule has 1 aromatic rings. The zero-order chi connectivity index (χ0) is 14.4. The van der Waals surface area contributed by atoms with E-state index in [9.17, 15) is 9.59 Å². The Balaban J connectivity index is 1.46. The largest absolute Gasteiger partial charge is 0.335 e. The zero-order valence-electron chi connectivity index (χ0n) is 11.9. The molecule has 1 aromatic carbocycles. The molecule has 5 nitrogen and oxygen atoms in total. The monoisotopic (exact) mass is 285 g/mol. The third kappa shape index (κ3) is 2.60. The van der Waals surface area contributed by atoms with Crippen LogP contribution in [0.25, 0.3) is 0 Å². The van der Waals surface area contributed by atoms with Crippen molar-refractivity contribution in [3.05, 3.63) is 23.8 Å². The summed E-state index contributed by atoms with van der Waals surface area (Å²) in [4.78, 5) is 25.9. The van der Waals surface area contributed by atoms with Gasteiger partial charge in [0.15, 0.2) is 0 Å². The Morgan fingerprint density at radius 1 is 1.14 bits per heavy atom. The quantitative estimate of drug-likeness (QED) is 0.895. The van der Waals surface area contributed by atoms with Gasteiger partial charge in [0.25, 0.3) is 0 Å². The highest BCUT2D eigenvalue weighted by atomic mass is 16.2. The summed E-state index contributed by atoms with van der Waals surface area (Å²) in [6.07, 6.45) is 5.09. The Hall–Kier alpha value is -2.04. The molecule has 0 aromatic heterocycles. The predicted molar refractivity (Wildman–Crippen MR) is 80.4 cm³/mol. The van der Waals surface area contributed by atoms with Crippen LogP contribution < -0.4 is 15.5 Å². The lowest BCUT2D eigenvalue weighted by Gasteiger charge is -2.17. The highest BCUT2D eigenvalue weighted by Crippen LogP contribution is 2.37. The fourth-order valence-corrected chi connectivity index (χ4v) is 2.84. The van der Waals surface area contributed by atoms with Gasteiger partial charge >= 0.3 is 6.03 Å². The molecule has 0 saturated heterocycles. The average molecular weight is 285 g/mol. The molecule has 0 radical (unpaired) electrons. The second kappa shape index (κ2) is 4.76. The van der Waals surface area contributed by atoms with Gasteiger partial charge in [-0.2, -0.15) is 0 Å². The number of nitrogens with zero attached hydrogens (tertiary/aromatic N) is 1. The van der Waals surface area contributed by atoms with Crippen molar-refractivity contribution in [3.8, 4) is 0 Å². The molecule has 2 fully saturated rings. The van der Waals surface area contributed by atoms with Crippen molar-refractivity contribution in [2.24, 2.45) is 5.92 Å². The normalized spacial score (nSPS) is 20.1. The summed E-state index contributed by atoms with van der Waals surface area (Å²) in [6.45, 7) is 0.766. The first-order valence-corrected chi connectivity index (χ1v) is 7.72. The molecule has 21 heavy (non-hydrogen) atoms. The minimum atomic E-state index is -0.138. The van der Waals surface area contributed by atoms with E-state index < -0.39 is 0 Å². The van der Waals surface area contributed by atoms with E-state index in [2.05, 4.69) is 10.6 Å². The van der Waals surface area contributed by atoms with Gasteiger partial charge in [0.05, 0.1) is 0 Å². The Kier molecular flexibility index (Phi) is 2.87. The summed E-state index contributed by atoms with van der Waals surface area (Å²) in [5, 5.41) is 5.77. The fourth-order valence-electron chi connectivity index (χ4n) is 2.84. The number of benzene rings is 1. The maximum absolute atomic E-state index is 12.2. The topological polar surface area (TPSA) is 61.4 Å². The van der Waals surface area contributed by atoms with Gasteiger partial charge < -0.3 is 15.5 Å². The number of carbonyl (C=O) groups is 2. The van der Waals surface area contributed by atoms with E-state index in [1.54, 1.807) is 0 Å². The second-order valence-electron chi connectivity index (χ2n) is 6.23. The molecule has 110 valence electrons. The fraction of sp³-hybridized carbons (Fsp3) is 0.500. The molecule has 0 spiro atoms. The Labute approximate surface area is 123 Å². The Bertz CT molecular complexity index is 606. The minimum Gasteiger partial charge on any atom is -0.335 e. The highest BCUT2D eigenvalue weighted by Gasteiger charge is 2.36. The number of nitrogens with one attached hydrogen (secondary N) is 2. The molecule has 1 heterocycles. The summed E-state index contributed by atoms with van der Waals surface area (Å²) < 4.78 is 0. The first-order valence-electron chi connectivity index (χ1n) is 7.72. The van der Waals surface area contributed by atoms with Gasteiger partial charge in [-0.3, -0.25) is 4.79 Å². The molecular weight excluding hydrogens is 266 g/mol. The van der Waals surface area contributed by atoms with Crippen molar-refractivity contribution < 1.29 is 9.59 Å². The van der Waals surface area contributed by atoms with Crippen LogP contribution in [0, 0.1) is 5.92 Å². The zero-order valence-corrected chi connectivity index (χ0v) is 11.9. The molecule has 0 unspecified atom stereocenters.